The smallest absolute Gasteiger partial charge is 0.174 e. The molecule has 6 N–H and O–H groups in total. The van der Waals surface area contributed by atoms with Crippen LogP contribution in [0.2, 0.25) is 0 Å². The first-order chi connectivity index (χ1) is 10.2. The standard InChI is InChI=1S/C14H14N4O3/c15-13(17-19)10-7-4-8-11(12(10)14(16)18-20)21-9-5-2-1-3-6-9/h1-8,19-20H,(H2,15,17)(H2,16,18). The van der Waals surface area contributed by atoms with Crippen LogP contribution in [-0.2, 0) is 0 Å². The molecule has 0 aliphatic rings. The van der Waals surface area contributed by atoms with Gasteiger partial charge in [0.05, 0.1) is 5.56 Å². The second-order valence-corrected chi connectivity index (χ2v) is 4.06. The highest BCUT2D eigenvalue weighted by molar-refractivity contribution is 6.11. The maximum atomic E-state index is 8.92. The van der Waals surface area contributed by atoms with Gasteiger partial charge in [-0.2, -0.15) is 0 Å². The fourth-order valence-electron chi connectivity index (χ4n) is 1.81. The zero-order chi connectivity index (χ0) is 15.2. The van der Waals surface area contributed by atoms with Crippen molar-refractivity contribution in [3.8, 4) is 11.5 Å². The van der Waals surface area contributed by atoms with E-state index in [1.54, 1.807) is 30.3 Å². The number of ether oxygens (including phenoxy) is 1. The van der Waals surface area contributed by atoms with Crippen molar-refractivity contribution in [2.75, 3.05) is 0 Å². The molecule has 2 aromatic carbocycles. The van der Waals surface area contributed by atoms with Crippen LogP contribution in [0.1, 0.15) is 11.1 Å². The molecule has 0 fully saturated rings. The van der Waals surface area contributed by atoms with Crippen LogP contribution in [0.25, 0.3) is 0 Å². The minimum absolute atomic E-state index is 0.171. The van der Waals surface area contributed by atoms with E-state index >= 15 is 0 Å². The van der Waals surface area contributed by atoms with Gasteiger partial charge in [-0.05, 0) is 18.2 Å². The topological polar surface area (TPSA) is 126 Å². The van der Waals surface area contributed by atoms with Crippen molar-refractivity contribution in [3.63, 3.8) is 0 Å². The fraction of sp³-hybridized carbons (Fsp3) is 0. The highest BCUT2D eigenvalue weighted by Crippen LogP contribution is 2.27. The summed E-state index contributed by atoms with van der Waals surface area (Å²) in [5, 5.41) is 23.6. The summed E-state index contributed by atoms with van der Waals surface area (Å²) in [6, 6.07) is 13.8. The number of nitrogens with two attached hydrogens (primary N) is 2. The molecule has 0 spiro atoms. The van der Waals surface area contributed by atoms with Crippen LogP contribution in [0.15, 0.2) is 58.8 Å². The van der Waals surface area contributed by atoms with E-state index < -0.39 is 0 Å². The number of hydrogen-bond donors (Lipinski definition) is 4. The Bertz CT molecular complexity index is 684. The number of para-hydroxylation sites is 1. The van der Waals surface area contributed by atoms with Crippen LogP contribution in [0.3, 0.4) is 0 Å². The Morgan fingerprint density at radius 1 is 0.857 bits per heavy atom. The molecule has 0 aromatic heterocycles. The van der Waals surface area contributed by atoms with E-state index in [4.69, 9.17) is 26.6 Å². The number of rotatable bonds is 4. The maximum absolute atomic E-state index is 8.92. The van der Waals surface area contributed by atoms with Gasteiger partial charge in [0.1, 0.15) is 11.5 Å². The van der Waals surface area contributed by atoms with Crippen molar-refractivity contribution >= 4 is 11.7 Å². The molecule has 0 aliphatic heterocycles. The molecular weight excluding hydrogens is 272 g/mol. The second-order valence-electron chi connectivity index (χ2n) is 4.06. The summed E-state index contributed by atoms with van der Waals surface area (Å²) in [4.78, 5) is 0. The molecular formula is C14H14N4O3. The zero-order valence-corrected chi connectivity index (χ0v) is 11.0. The molecule has 7 nitrogen and oxygen atoms in total. The largest absolute Gasteiger partial charge is 0.457 e. The van der Waals surface area contributed by atoms with Gasteiger partial charge in [-0.15, -0.1) is 0 Å². The minimum atomic E-state index is -0.205. The quantitative estimate of drug-likeness (QED) is 0.294. The average molecular weight is 286 g/mol. The van der Waals surface area contributed by atoms with Crippen LogP contribution in [0, 0.1) is 0 Å². The second kappa shape index (κ2) is 6.29. The van der Waals surface area contributed by atoms with E-state index in [-0.39, 0.29) is 17.2 Å². The van der Waals surface area contributed by atoms with Crippen LogP contribution >= 0.6 is 0 Å². The molecule has 0 atom stereocenters. The van der Waals surface area contributed by atoms with E-state index in [2.05, 4.69) is 10.3 Å². The SMILES string of the molecule is NC(=NO)c1cccc(Oc2ccccc2)c1C(N)=NO. The molecule has 0 radical (unpaired) electrons. The molecule has 0 bridgehead atoms. The van der Waals surface area contributed by atoms with Crippen molar-refractivity contribution in [1.29, 1.82) is 0 Å². The third kappa shape index (κ3) is 3.03. The minimum Gasteiger partial charge on any atom is -0.457 e. The van der Waals surface area contributed by atoms with Gasteiger partial charge in [-0.25, -0.2) is 0 Å². The molecule has 0 unspecified atom stereocenters. The molecule has 2 rings (SSSR count). The molecule has 21 heavy (non-hydrogen) atoms. The van der Waals surface area contributed by atoms with Gasteiger partial charge < -0.3 is 26.6 Å². The first-order valence-electron chi connectivity index (χ1n) is 5.99. The summed E-state index contributed by atoms with van der Waals surface area (Å²) in [6.45, 7) is 0. The third-order valence-electron chi connectivity index (χ3n) is 2.74. The highest BCUT2D eigenvalue weighted by Gasteiger charge is 2.17. The molecule has 0 amide bonds. The van der Waals surface area contributed by atoms with Crippen LogP contribution in [-0.4, -0.2) is 22.1 Å². The number of nitrogens with zero attached hydrogens (tertiary/aromatic N) is 2. The van der Waals surface area contributed by atoms with E-state index in [0.29, 0.717) is 17.1 Å². The molecule has 0 saturated heterocycles. The number of oxime groups is 2. The number of hydrogen-bond acceptors (Lipinski definition) is 5. The van der Waals surface area contributed by atoms with Crippen LogP contribution in [0.5, 0.6) is 11.5 Å². The first kappa shape index (κ1) is 14.2. The van der Waals surface area contributed by atoms with Gasteiger partial charge >= 0.3 is 0 Å². The van der Waals surface area contributed by atoms with Crippen molar-refractivity contribution < 1.29 is 15.2 Å². The van der Waals surface area contributed by atoms with Gasteiger partial charge in [0, 0.05) is 5.56 Å². The van der Waals surface area contributed by atoms with Gasteiger partial charge in [0.15, 0.2) is 11.7 Å². The molecule has 0 heterocycles. The Hall–Kier alpha value is -3.22. The molecule has 0 saturated carbocycles. The summed E-state index contributed by atoms with van der Waals surface area (Å²) in [5.74, 6) is 0.514. The Labute approximate surface area is 120 Å². The molecule has 0 aliphatic carbocycles. The van der Waals surface area contributed by atoms with Crippen molar-refractivity contribution in [2.24, 2.45) is 21.8 Å². The van der Waals surface area contributed by atoms with Gasteiger partial charge in [-0.1, -0.05) is 40.6 Å². The number of amidine groups is 2. The maximum Gasteiger partial charge on any atom is 0.174 e. The summed E-state index contributed by atoms with van der Waals surface area (Å²) in [6.07, 6.45) is 0. The van der Waals surface area contributed by atoms with E-state index in [1.165, 1.54) is 0 Å². The van der Waals surface area contributed by atoms with Crippen molar-refractivity contribution in [2.45, 2.75) is 0 Å². The van der Waals surface area contributed by atoms with E-state index in [0.717, 1.165) is 0 Å². The van der Waals surface area contributed by atoms with Crippen molar-refractivity contribution in [3.05, 3.63) is 59.7 Å². The van der Waals surface area contributed by atoms with Crippen LogP contribution < -0.4 is 16.2 Å². The predicted molar refractivity (Wildman–Crippen MR) is 78.0 cm³/mol. The van der Waals surface area contributed by atoms with Crippen molar-refractivity contribution in [1.82, 2.24) is 0 Å². The molecule has 2 aromatic rings. The summed E-state index contributed by atoms with van der Waals surface area (Å²) in [7, 11) is 0. The van der Waals surface area contributed by atoms with E-state index in [9.17, 15) is 0 Å². The van der Waals surface area contributed by atoms with Gasteiger partial charge in [-0.3, -0.25) is 0 Å². The first-order valence-corrected chi connectivity index (χ1v) is 5.99. The van der Waals surface area contributed by atoms with Gasteiger partial charge in [0.25, 0.3) is 0 Å². The Morgan fingerprint density at radius 3 is 2.14 bits per heavy atom. The lowest BCUT2D eigenvalue weighted by atomic mass is 10.0. The molecule has 7 heteroatoms. The Morgan fingerprint density at radius 2 is 1.52 bits per heavy atom. The van der Waals surface area contributed by atoms with Gasteiger partial charge in [0.2, 0.25) is 0 Å². The zero-order valence-electron chi connectivity index (χ0n) is 11.0. The summed E-state index contributed by atoms with van der Waals surface area (Å²) < 4.78 is 5.70. The lowest BCUT2D eigenvalue weighted by Crippen LogP contribution is -2.23. The van der Waals surface area contributed by atoms with E-state index in [1.807, 2.05) is 18.2 Å². The predicted octanol–water partition coefficient (Wildman–Crippen LogP) is 1.67. The number of benzene rings is 2. The summed E-state index contributed by atoms with van der Waals surface area (Å²) in [5.41, 5.74) is 11.8. The lowest BCUT2D eigenvalue weighted by Gasteiger charge is -2.13. The molecule has 108 valence electrons. The average Bonchev–Trinajstić information content (AvgIpc) is 2.54. The fourth-order valence-corrected chi connectivity index (χ4v) is 1.81. The van der Waals surface area contributed by atoms with Crippen LogP contribution in [0.4, 0.5) is 0 Å². The summed E-state index contributed by atoms with van der Waals surface area (Å²) >= 11 is 0. The normalized spacial score (nSPS) is 12.2. The highest BCUT2D eigenvalue weighted by atomic mass is 16.5. The Kier molecular flexibility index (Phi) is 4.25. The lowest BCUT2D eigenvalue weighted by molar-refractivity contribution is 0.317. The monoisotopic (exact) mass is 286 g/mol. The Balaban J connectivity index is 2.55. The third-order valence-corrected chi connectivity index (χ3v) is 2.74.